The molecule has 0 amide bonds. The molecule has 0 aromatic rings. The largest absolute Gasteiger partial charge is 0.389 e. The number of hydrogen-bond donors (Lipinski definition) is 2. The summed E-state index contributed by atoms with van der Waals surface area (Å²) in [6, 6.07) is 0. The normalized spacial score (nSPS) is 13.5. The van der Waals surface area contributed by atoms with E-state index in [0.717, 1.165) is 32.4 Å². The molecular weight excluding hydrogens is 190 g/mol. The van der Waals surface area contributed by atoms with Crippen LogP contribution in [0.25, 0.3) is 0 Å². The molecule has 1 unspecified atom stereocenters. The molecule has 0 bridgehead atoms. The second kappa shape index (κ2) is 11.7. The highest BCUT2D eigenvalue weighted by molar-refractivity contribution is 4.77. The maximum Gasteiger partial charge on any atom is 0.0897 e. The van der Waals surface area contributed by atoms with Gasteiger partial charge in [-0.1, -0.05) is 25.5 Å². The van der Waals surface area contributed by atoms with Gasteiger partial charge in [-0.15, -0.1) is 0 Å². The Morgan fingerprint density at radius 1 is 1.47 bits per heavy atom. The Balaban J connectivity index is 3.14. The molecule has 0 aromatic heterocycles. The van der Waals surface area contributed by atoms with Crippen LogP contribution in [0.5, 0.6) is 0 Å². The fraction of sp³-hybridized carbons (Fsp3) is 0.833. The van der Waals surface area contributed by atoms with Crippen molar-refractivity contribution in [2.45, 2.75) is 39.2 Å². The molecule has 90 valence electrons. The van der Waals surface area contributed by atoms with Crippen molar-refractivity contribution in [3.8, 4) is 0 Å². The lowest BCUT2D eigenvalue weighted by Gasteiger charge is -2.11. The van der Waals surface area contributed by atoms with Crippen LogP contribution in [0.3, 0.4) is 0 Å². The van der Waals surface area contributed by atoms with Crippen LogP contribution in [0.2, 0.25) is 0 Å². The number of hydrogen-bond acceptors (Lipinski definition) is 3. The van der Waals surface area contributed by atoms with Crippen molar-refractivity contribution in [3.63, 3.8) is 0 Å². The van der Waals surface area contributed by atoms with Crippen LogP contribution in [-0.2, 0) is 4.74 Å². The van der Waals surface area contributed by atoms with E-state index in [1.807, 2.05) is 13.0 Å². The molecule has 0 rings (SSSR count). The van der Waals surface area contributed by atoms with E-state index >= 15 is 0 Å². The van der Waals surface area contributed by atoms with E-state index < -0.39 is 0 Å². The van der Waals surface area contributed by atoms with Gasteiger partial charge < -0.3 is 15.2 Å². The summed E-state index contributed by atoms with van der Waals surface area (Å²) in [4.78, 5) is 0. The van der Waals surface area contributed by atoms with E-state index in [2.05, 4.69) is 18.3 Å². The molecule has 15 heavy (non-hydrogen) atoms. The van der Waals surface area contributed by atoms with Gasteiger partial charge in [0.25, 0.3) is 0 Å². The summed E-state index contributed by atoms with van der Waals surface area (Å²) >= 11 is 0. The van der Waals surface area contributed by atoms with Crippen LogP contribution in [0, 0.1) is 0 Å². The number of rotatable bonds is 10. The van der Waals surface area contributed by atoms with Crippen molar-refractivity contribution >= 4 is 0 Å². The van der Waals surface area contributed by atoms with E-state index in [0.29, 0.717) is 13.2 Å². The molecule has 0 aromatic carbocycles. The molecule has 0 aliphatic carbocycles. The lowest BCUT2D eigenvalue weighted by atomic mass is 10.3. The molecule has 2 N–H and O–H groups in total. The minimum absolute atomic E-state index is 0.382. The Labute approximate surface area is 93.5 Å². The lowest BCUT2D eigenvalue weighted by Crippen LogP contribution is -2.31. The zero-order chi connectivity index (χ0) is 11.4. The molecule has 0 radical (unpaired) electrons. The van der Waals surface area contributed by atoms with Gasteiger partial charge in [-0.3, -0.25) is 0 Å². The smallest absolute Gasteiger partial charge is 0.0897 e. The number of aliphatic hydroxyl groups is 1. The molecule has 1 atom stereocenters. The summed E-state index contributed by atoms with van der Waals surface area (Å²) in [5.74, 6) is 0. The van der Waals surface area contributed by atoms with Crippen molar-refractivity contribution in [1.29, 1.82) is 0 Å². The summed E-state index contributed by atoms with van der Waals surface area (Å²) in [6.07, 6.45) is 6.98. The highest BCUT2D eigenvalue weighted by Gasteiger charge is 2.02. The second-order valence-electron chi connectivity index (χ2n) is 3.64. The fourth-order valence-electron chi connectivity index (χ4n) is 1.15. The average Bonchev–Trinajstić information content (AvgIpc) is 2.24. The standard InChI is InChI=1S/C12H25NO2/c1-3-5-7-8-13-10-12(14)11-15-9-6-4-2/h3,5,12-14H,4,6-11H2,1-2H3/b5-3+. The fourth-order valence-corrected chi connectivity index (χ4v) is 1.15. The Morgan fingerprint density at radius 2 is 2.27 bits per heavy atom. The summed E-state index contributed by atoms with van der Waals surface area (Å²) in [5, 5.41) is 12.7. The Kier molecular flexibility index (Phi) is 11.4. The Morgan fingerprint density at radius 3 is 2.93 bits per heavy atom. The van der Waals surface area contributed by atoms with Gasteiger partial charge in [0.05, 0.1) is 12.7 Å². The van der Waals surface area contributed by atoms with Crippen molar-refractivity contribution in [1.82, 2.24) is 5.32 Å². The first-order valence-electron chi connectivity index (χ1n) is 5.89. The first kappa shape index (κ1) is 14.6. The topological polar surface area (TPSA) is 41.5 Å². The van der Waals surface area contributed by atoms with Crippen LogP contribution < -0.4 is 5.32 Å². The van der Waals surface area contributed by atoms with Crippen molar-refractivity contribution < 1.29 is 9.84 Å². The predicted molar refractivity (Wildman–Crippen MR) is 64.0 cm³/mol. The summed E-state index contributed by atoms with van der Waals surface area (Å²) < 4.78 is 5.31. The van der Waals surface area contributed by atoms with Crippen LogP contribution in [0.15, 0.2) is 12.2 Å². The third-order valence-electron chi connectivity index (χ3n) is 2.06. The van der Waals surface area contributed by atoms with Gasteiger partial charge in [-0.05, 0) is 26.3 Å². The minimum atomic E-state index is -0.382. The maximum absolute atomic E-state index is 9.50. The van der Waals surface area contributed by atoms with Gasteiger partial charge in [-0.25, -0.2) is 0 Å². The minimum Gasteiger partial charge on any atom is -0.389 e. The lowest BCUT2D eigenvalue weighted by molar-refractivity contribution is 0.0361. The van der Waals surface area contributed by atoms with Crippen molar-refractivity contribution in [2.75, 3.05) is 26.3 Å². The van der Waals surface area contributed by atoms with E-state index in [9.17, 15) is 5.11 Å². The first-order chi connectivity index (χ1) is 7.31. The highest BCUT2D eigenvalue weighted by Crippen LogP contribution is 1.90. The van der Waals surface area contributed by atoms with E-state index in [1.165, 1.54) is 0 Å². The van der Waals surface area contributed by atoms with Crippen LogP contribution in [0.1, 0.15) is 33.1 Å². The van der Waals surface area contributed by atoms with E-state index in [4.69, 9.17) is 4.74 Å². The Hall–Kier alpha value is -0.380. The average molecular weight is 215 g/mol. The summed E-state index contributed by atoms with van der Waals surface area (Å²) in [7, 11) is 0. The first-order valence-corrected chi connectivity index (χ1v) is 5.89. The van der Waals surface area contributed by atoms with Gasteiger partial charge in [0.2, 0.25) is 0 Å². The molecule has 3 nitrogen and oxygen atoms in total. The van der Waals surface area contributed by atoms with Crippen LogP contribution in [-0.4, -0.2) is 37.5 Å². The van der Waals surface area contributed by atoms with E-state index in [1.54, 1.807) is 0 Å². The van der Waals surface area contributed by atoms with Gasteiger partial charge >= 0.3 is 0 Å². The van der Waals surface area contributed by atoms with Gasteiger partial charge in [0, 0.05) is 13.2 Å². The molecule has 0 aliphatic rings. The zero-order valence-electron chi connectivity index (χ0n) is 10.0. The molecule has 0 heterocycles. The van der Waals surface area contributed by atoms with Crippen molar-refractivity contribution in [3.05, 3.63) is 12.2 Å². The van der Waals surface area contributed by atoms with Crippen LogP contribution in [0.4, 0.5) is 0 Å². The molecule has 0 saturated carbocycles. The molecule has 0 saturated heterocycles. The van der Waals surface area contributed by atoms with Crippen molar-refractivity contribution in [2.24, 2.45) is 0 Å². The number of unbranched alkanes of at least 4 members (excludes halogenated alkanes) is 1. The third-order valence-corrected chi connectivity index (χ3v) is 2.06. The second-order valence-corrected chi connectivity index (χ2v) is 3.64. The SMILES string of the molecule is C/C=C/CCNCC(O)COCCCC. The van der Waals surface area contributed by atoms with Gasteiger partial charge in [0.1, 0.15) is 0 Å². The van der Waals surface area contributed by atoms with E-state index in [-0.39, 0.29) is 6.10 Å². The number of ether oxygens (including phenoxy) is 1. The maximum atomic E-state index is 9.50. The quantitative estimate of drug-likeness (QED) is 0.431. The predicted octanol–water partition coefficient (Wildman–Crippen LogP) is 1.72. The number of allylic oxidation sites excluding steroid dienone is 1. The Bertz CT molecular complexity index is 149. The van der Waals surface area contributed by atoms with Crippen LogP contribution >= 0.6 is 0 Å². The molecule has 0 spiro atoms. The number of aliphatic hydroxyl groups excluding tert-OH is 1. The molecule has 0 aliphatic heterocycles. The molecular formula is C12H25NO2. The van der Waals surface area contributed by atoms with Gasteiger partial charge in [-0.2, -0.15) is 0 Å². The summed E-state index contributed by atoms with van der Waals surface area (Å²) in [5.41, 5.74) is 0. The number of nitrogens with one attached hydrogen (secondary N) is 1. The molecule has 3 heteroatoms. The summed E-state index contributed by atoms with van der Waals surface area (Å²) in [6.45, 7) is 6.86. The zero-order valence-corrected chi connectivity index (χ0v) is 10.0. The monoisotopic (exact) mass is 215 g/mol. The third kappa shape index (κ3) is 11.5. The highest BCUT2D eigenvalue weighted by atomic mass is 16.5. The van der Waals surface area contributed by atoms with Gasteiger partial charge in [0.15, 0.2) is 0 Å². The molecule has 0 fully saturated rings.